The molecule has 88 valence electrons. The van der Waals surface area contributed by atoms with E-state index in [4.69, 9.17) is 0 Å². The Morgan fingerprint density at radius 1 is 1.44 bits per heavy atom. The van der Waals surface area contributed by atoms with Gasteiger partial charge in [0.25, 0.3) is 0 Å². The monoisotopic (exact) mass is 286 g/mol. The molecule has 0 N–H and O–H groups in total. The second-order valence-corrected chi connectivity index (χ2v) is 5.87. The molecule has 0 radical (unpaired) electrons. The molecule has 0 aromatic heterocycles. The molecule has 0 spiro atoms. The van der Waals surface area contributed by atoms with Gasteiger partial charge in [-0.3, -0.25) is 0 Å². The Kier molecular flexibility index (Phi) is 4.25. The first-order valence-electron chi connectivity index (χ1n) is 5.23. The fourth-order valence-corrected chi connectivity index (χ4v) is 2.25. The van der Waals surface area contributed by atoms with E-state index in [1.165, 1.54) is 6.07 Å². The Hall–Kier alpha value is -0.700. The molecule has 1 rings (SSSR count). The third-order valence-electron chi connectivity index (χ3n) is 2.41. The molecule has 1 aromatic rings. The molecule has 0 saturated carbocycles. The van der Waals surface area contributed by atoms with E-state index in [0.29, 0.717) is 18.4 Å². The molecule has 0 atom stereocenters. The maximum absolute atomic E-state index is 13.6. The fourth-order valence-electron chi connectivity index (χ4n) is 1.92. The molecule has 1 nitrogen and oxygen atoms in total. The highest BCUT2D eigenvalue weighted by molar-refractivity contribution is 9.10. The number of halogens is 2. The SMILES string of the molecule is CC(=O)CC(C)(C)Cc1ccc(Br)cc1F. The minimum atomic E-state index is -0.217. The van der Waals surface area contributed by atoms with Crippen LogP contribution in [0.1, 0.15) is 32.8 Å². The van der Waals surface area contributed by atoms with E-state index in [2.05, 4.69) is 15.9 Å². The molecular weight excluding hydrogens is 271 g/mol. The van der Waals surface area contributed by atoms with E-state index in [9.17, 15) is 9.18 Å². The second kappa shape index (κ2) is 5.09. The average molecular weight is 287 g/mol. The van der Waals surface area contributed by atoms with Crippen LogP contribution in [0.5, 0.6) is 0 Å². The van der Waals surface area contributed by atoms with Gasteiger partial charge in [0.1, 0.15) is 11.6 Å². The Balaban J connectivity index is 2.83. The standard InChI is InChI=1S/C13H16BrFO/c1-9(16)7-13(2,3)8-10-4-5-11(14)6-12(10)15/h4-6H,7-8H2,1-3H3. The molecule has 16 heavy (non-hydrogen) atoms. The van der Waals surface area contributed by atoms with Crippen molar-refractivity contribution >= 4 is 21.7 Å². The number of ketones is 1. The summed E-state index contributed by atoms with van der Waals surface area (Å²) in [6, 6.07) is 5.04. The summed E-state index contributed by atoms with van der Waals surface area (Å²) in [4.78, 5) is 11.1. The van der Waals surface area contributed by atoms with Gasteiger partial charge in [0, 0.05) is 10.9 Å². The molecule has 0 aliphatic heterocycles. The molecule has 0 unspecified atom stereocenters. The van der Waals surface area contributed by atoms with E-state index < -0.39 is 0 Å². The molecule has 0 fully saturated rings. The van der Waals surface area contributed by atoms with Gasteiger partial charge in [-0.2, -0.15) is 0 Å². The topological polar surface area (TPSA) is 17.1 Å². The maximum atomic E-state index is 13.6. The van der Waals surface area contributed by atoms with Gasteiger partial charge in [-0.05, 0) is 36.5 Å². The van der Waals surface area contributed by atoms with Gasteiger partial charge in [0.05, 0.1) is 0 Å². The first-order chi connectivity index (χ1) is 7.30. The van der Waals surface area contributed by atoms with E-state index in [-0.39, 0.29) is 17.0 Å². The first-order valence-corrected chi connectivity index (χ1v) is 6.03. The van der Waals surface area contributed by atoms with Crippen molar-refractivity contribution in [1.29, 1.82) is 0 Å². The first kappa shape index (κ1) is 13.4. The third-order valence-corrected chi connectivity index (χ3v) is 2.90. The summed E-state index contributed by atoms with van der Waals surface area (Å²) in [6.07, 6.45) is 1.05. The lowest BCUT2D eigenvalue weighted by Crippen LogP contribution is -2.19. The molecule has 0 saturated heterocycles. The van der Waals surface area contributed by atoms with Crippen LogP contribution in [-0.2, 0) is 11.2 Å². The normalized spacial score (nSPS) is 11.6. The molecule has 0 aliphatic carbocycles. The van der Waals surface area contributed by atoms with Crippen molar-refractivity contribution in [3.05, 3.63) is 34.1 Å². The van der Waals surface area contributed by atoms with Crippen LogP contribution in [-0.4, -0.2) is 5.78 Å². The predicted molar refractivity (Wildman–Crippen MR) is 66.9 cm³/mol. The van der Waals surface area contributed by atoms with Crippen LogP contribution in [0.15, 0.2) is 22.7 Å². The van der Waals surface area contributed by atoms with Crippen molar-refractivity contribution in [3.63, 3.8) is 0 Å². The molecule has 0 amide bonds. The quantitative estimate of drug-likeness (QED) is 0.813. The fraction of sp³-hybridized carbons (Fsp3) is 0.462. The van der Waals surface area contributed by atoms with E-state index in [1.54, 1.807) is 13.0 Å². The zero-order valence-electron chi connectivity index (χ0n) is 9.81. The molecule has 0 aliphatic rings. The van der Waals surface area contributed by atoms with Crippen molar-refractivity contribution in [3.8, 4) is 0 Å². The number of carbonyl (C=O) groups excluding carboxylic acids is 1. The maximum Gasteiger partial charge on any atom is 0.130 e. The lowest BCUT2D eigenvalue weighted by atomic mass is 9.81. The molecular formula is C13H16BrFO. The third kappa shape index (κ3) is 4.05. The number of hydrogen-bond acceptors (Lipinski definition) is 1. The average Bonchev–Trinajstić information content (AvgIpc) is 2.07. The Bertz CT molecular complexity index is 399. The highest BCUT2D eigenvalue weighted by atomic mass is 79.9. The van der Waals surface area contributed by atoms with Gasteiger partial charge in [0.15, 0.2) is 0 Å². The number of hydrogen-bond donors (Lipinski definition) is 0. The highest BCUT2D eigenvalue weighted by Crippen LogP contribution is 2.28. The number of benzene rings is 1. The number of rotatable bonds is 4. The summed E-state index contributed by atoms with van der Waals surface area (Å²) in [6.45, 7) is 5.53. The van der Waals surface area contributed by atoms with Gasteiger partial charge >= 0.3 is 0 Å². The minimum absolute atomic E-state index is 0.141. The second-order valence-electron chi connectivity index (χ2n) is 4.96. The zero-order chi connectivity index (χ0) is 12.3. The molecule has 0 bridgehead atoms. The summed E-state index contributed by atoms with van der Waals surface area (Å²) in [7, 11) is 0. The largest absolute Gasteiger partial charge is 0.300 e. The lowest BCUT2D eigenvalue weighted by molar-refractivity contribution is -0.118. The molecule has 1 aromatic carbocycles. The lowest BCUT2D eigenvalue weighted by Gasteiger charge is -2.23. The van der Waals surface area contributed by atoms with E-state index in [0.717, 1.165) is 4.47 Å². The van der Waals surface area contributed by atoms with Crippen molar-refractivity contribution in [2.24, 2.45) is 5.41 Å². The predicted octanol–water partition coefficient (Wildman–Crippen LogP) is 4.14. The molecule has 0 heterocycles. The number of carbonyl (C=O) groups is 1. The van der Waals surface area contributed by atoms with Gasteiger partial charge in [-0.1, -0.05) is 35.8 Å². The minimum Gasteiger partial charge on any atom is -0.300 e. The Morgan fingerprint density at radius 3 is 2.56 bits per heavy atom. The summed E-state index contributed by atoms with van der Waals surface area (Å²) < 4.78 is 14.3. The van der Waals surface area contributed by atoms with Crippen LogP contribution in [0.4, 0.5) is 4.39 Å². The Morgan fingerprint density at radius 2 is 2.06 bits per heavy atom. The van der Waals surface area contributed by atoms with Crippen molar-refractivity contribution in [1.82, 2.24) is 0 Å². The summed E-state index contributed by atoms with van der Waals surface area (Å²) in [5.41, 5.74) is 0.468. The van der Waals surface area contributed by atoms with Gasteiger partial charge in [-0.25, -0.2) is 4.39 Å². The van der Waals surface area contributed by atoms with E-state index in [1.807, 2.05) is 19.9 Å². The van der Waals surface area contributed by atoms with Crippen molar-refractivity contribution in [2.45, 2.75) is 33.6 Å². The highest BCUT2D eigenvalue weighted by Gasteiger charge is 2.22. The van der Waals surface area contributed by atoms with Crippen LogP contribution in [0, 0.1) is 11.2 Å². The van der Waals surface area contributed by atoms with Crippen molar-refractivity contribution < 1.29 is 9.18 Å². The van der Waals surface area contributed by atoms with Gasteiger partial charge in [0.2, 0.25) is 0 Å². The van der Waals surface area contributed by atoms with E-state index >= 15 is 0 Å². The van der Waals surface area contributed by atoms with Gasteiger partial charge < -0.3 is 4.79 Å². The van der Waals surface area contributed by atoms with Crippen molar-refractivity contribution in [2.75, 3.05) is 0 Å². The van der Waals surface area contributed by atoms with Crippen LogP contribution in [0.25, 0.3) is 0 Å². The Labute approximate surface area is 104 Å². The van der Waals surface area contributed by atoms with Crippen LogP contribution in [0.2, 0.25) is 0 Å². The summed E-state index contributed by atoms with van der Waals surface area (Å²) in [5, 5.41) is 0. The van der Waals surface area contributed by atoms with Crippen LogP contribution >= 0.6 is 15.9 Å². The van der Waals surface area contributed by atoms with Crippen LogP contribution in [0.3, 0.4) is 0 Å². The number of Topliss-reactive ketones (excluding diaryl/α,β-unsaturated/α-hetero) is 1. The summed E-state index contributed by atoms with van der Waals surface area (Å²) >= 11 is 3.22. The van der Waals surface area contributed by atoms with Crippen LogP contribution < -0.4 is 0 Å². The smallest absolute Gasteiger partial charge is 0.130 e. The summed E-state index contributed by atoms with van der Waals surface area (Å²) in [5.74, 6) is -0.0754. The van der Waals surface area contributed by atoms with Gasteiger partial charge in [-0.15, -0.1) is 0 Å². The molecule has 3 heteroatoms. The zero-order valence-corrected chi connectivity index (χ0v) is 11.4.